The summed E-state index contributed by atoms with van der Waals surface area (Å²) in [5.74, 6) is 2.56. The van der Waals surface area contributed by atoms with Crippen LogP contribution in [0.1, 0.15) is 47.1 Å². The van der Waals surface area contributed by atoms with Gasteiger partial charge in [0, 0.05) is 5.56 Å². The molecule has 0 amide bonds. The van der Waals surface area contributed by atoms with Gasteiger partial charge in [-0.1, -0.05) is 66.7 Å². The second-order valence-electron chi connectivity index (χ2n) is 11.0. The molecule has 3 heteroatoms. The van der Waals surface area contributed by atoms with Gasteiger partial charge in [0.05, 0.1) is 0 Å². The highest BCUT2D eigenvalue weighted by molar-refractivity contribution is 5.76. The van der Waals surface area contributed by atoms with Gasteiger partial charge in [0.1, 0.15) is 35.1 Å². The summed E-state index contributed by atoms with van der Waals surface area (Å²) in [6, 6.07) is 33.1. The molecule has 0 unspecified atom stereocenters. The molecule has 0 bridgehead atoms. The van der Waals surface area contributed by atoms with E-state index in [0.29, 0.717) is 6.61 Å². The molecule has 0 saturated carbocycles. The van der Waals surface area contributed by atoms with Crippen LogP contribution in [-0.2, 0) is 6.61 Å². The van der Waals surface area contributed by atoms with E-state index in [2.05, 4.69) is 96.1 Å². The van der Waals surface area contributed by atoms with Gasteiger partial charge in [-0.2, -0.15) is 0 Å². The fraction of sp³-hybridized carbons (Fsp3) is 0.273. The Morgan fingerprint density at radius 1 is 0.528 bits per heavy atom. The average molecular weight is 481 g/mol. The maximum absolute atomic E-state index is 6.38. The minimum atomic E-state index is -0.236. The third kappa shape index (κ3) is 7.14. The Morgan fingerprint density at radius 2 is 1.03 bits per heavy atom. The van der Waals surface area contributed by atoms with E-state index in [9.17, 15) is 0 Å². The van der Waals surface area contributed by atoms with Crippen molar-refractivity contribution in [1.29, 1.82) is 0 Å². The SMILES string of the molecule is CC(C)(C)Oc1ccc(-c2ccc(-c3ccc(OC(C)(C)C)cc3)c(OCc3ccccc3)c2)cc1. The summed E-state index contributed by atoms with van der Waals surface area (Å²) < 4.78 is 18.4. The molecular weight excluding hydrogens is 444 g/mol. The van der Waals surface area contributed by atoms with Crippen molar-refractivity contribution in [2.45, 2.75) is 59.4 Å². The fourth-order valence-corrected chi connectivity index (χ4v) is 3.92. The Hall–Kier alpha value is -3.72. The molecule has 4 aromatic rings. The van der Waals surface area contributed by atoms with Crippen molar-refractivity contribution in [1.82, 2.24) is 0 Å². The Labute approximate surface area is 215 Å². The standard InChI is InChI=1S/C33H36O3/c1-32(2,3)35-28-17-12-25(13-18-28)27-16-21-30(26-14-19-29(20-15-26)36-33(4,5)6)31(22-27)34-23-24-10-8-7-9-11-24/h7-22H,23H2,1-6H3. The van der Waals surface area contributed by atoms with Crippen molar-refractivity contribution >= 4 is 0 Å². The molecule has 4 aromatic carbocycles. The van der Waals surface area contributed by atoms with Crippen molar-refractivity contribution in [3.63, 3.8) is 0 Å². The van der Waals surface area contributed by atoms with Crippen molar-refractivity contribution in [2.24, 2.45) is 0 Å². The lowest BCUT2D eigenvalue weighted by Crippen LogP contribution is -2.22. The summed E-state index contributed by atoms with van der Waals surface area (Å²) in [6.07, 6.45) is 0. The van der Waals surface area contributed by atoms with Gasteiger partial charge in [0.2, 0.25) is 0 Å². The van der Waals surface area contributed by atoms with Gasteiger partial charge >= 0.3 is 0 Å². The molecule has 4 rings (SSSR count). The number of rotatable bonds is 7. The Balaban J connectivity index is 1.64. The summed E-state index contributed by atoms with van der Waals surface area (Å²) in [7, 11) is 0. The first-order valence-corrected chi connectivity index (χ1v) is 12.5. The molecular formula is C33H36O3. The lowest BCUT2D eigenvalue weighted by atomic mass is 9.99. The first-order valence-electron chi connectivity index (χ1n) is 12.5. The Bertz CT molecular complexity index is 1260. The summed E-state index contributed by atoms with van der Waals surface area (Å²) in [4.78, 5) is 0. The highest BCUT2D eigenvalue weighted by Gasteiger charge is 2.14. The van der Waals surface area contributed by atoms with Crippen LogP contribution in [0.4, 0.5) is 0 Å². The second-order valence-corrected chi connectivity index (χ2v) is 11.0. The van der Waals surface area contributed by atoms with Crippen LogP contribution in [0.25, 0.3) is 22.3 Å². The van der Waals surface area contributed by atoms with Crippen molar-refractivity contribution < 1.29 is 14.2 Å². The van der Waals surface area contributed by atoms with Gasteiger partial charge in [-0.25, -0.2) is 0 Å². The van der Waals surface area contributed by atoms with Crippen LogP contribution < -0.4 is 14.2 Å². The van der Waals surface area contributed by atoms with E-state index in [0.717, 1.165) is 45.1 Å². The molecule has 0 fully saturated rings. The van der Waals surface area contributed by atoms with Gasteiger partial charge in [-0.3, -0.25) is 0 Å². The Kier molecular flexibility index (Phi) is 7.40. The van der Waals surface area contributed by atoms with Crippen LogP contribution in [0, 0.1) is 0 Å². The molecule has 0 radical (unpaired) electrons. The maximum Gasteiger partial charge on any atom is 0.128 e. The third-order valence-electron chi connectivity index (χ3n) is 5.42. The van der Waals surface area contributed by atoms with Crippen molar-refractivity contribution in [3.8, 4) is 39.5 Å². The van der Waals surface area contributed by atoms with Crippen molar-refractivity contribution in [3.05, 3.63) is 103 Å². The lowest BCUT2D eigenvalue weighted by molar-refractivity contribution is 0.130. The van der Waals surface area contributed by atoms with Crippen LogP contribution in [0.15, 0.2) is 97.1 Å². The van der Waals surface area contributed by atoms with E-state index in [1.54, 1.807) is 0 Å². The first kappa shape index (κ1) is 25.4. The first-order chi connectivity index (χ1) is 17.1. The molecule has 0 heterocycles. The van der Waals surface area contributed by atoms with E-state index in [1.165, 1.54) is 0 Å². The van der Waals surface area contributed by atoms with Crippen LogP contribution in [-0.4, -0.2) is 11.2 Å². The van der Waals surface area contributed by atoms with E-state index in [-0.39, 0.29) is 11.2 Å². The molecule has 0 N–H and O–H groups in total. The molecule has 0 atom stereocenters. The minimum Gasteiger partial charge on any atom is -0.488 e. The average Bonchev–Trinajstić information content (AvgIpc) is 2.82. The molecule has 0 spiro atoms. The van der Waals surface area contributed by atoms with E-state index in [4.69, 9.17) is 14.2 Å². The number of benzene rings is 4. The van der Waals surface area contributed by atoms with Crippen molar-refractivity contribution in [2.75, 3.05) is 0 Å². The quantitative estimate of drug-likeness (QED) is 0.264. The zero-order valence-corrected chi connectivity index (χ0v) is 22.2. The zero-order chi connectivity index (χ0) is 25.8. The van der Waals surface area contributed by atoms with E-state index in [1.807, 2.05) is 42.5 Å². The number of hydrogen-bond donors (Lipinski definition) is 0. The van der Waals surface area contributed by atoms with E-state index >= 15 is 0 Å². The molecule has 3 nitrogen and oxygen atoms in total. The second kappa shape index (κ2) is 10.5. The van der Waals surface area contributed by atoms with Gasteiger partial charge in [0.25, 0.3) is 0 Å². The summed E-state index contributed by atoms with van der Waals surface area (Å²) in [5, 5.41) is 0. The van der Waals surface area contributed by atoms with Gasteiger partial charge < -0.3 is 14.2 Å². The number of ether oxygens (including phenoxy) is 3. The third-order valence-corrected chi connectivity index (χ3v) is 5.42. The van der Waals surface area contributed by atoms with Crippen LogP contribution >= 0.6 is 0 Å². The van der Waals surface area contributed by atoms with E-state index < -0.39 is 0 Å². The van der Waals surface area contributed by atoms with Crippen LogP contribution in [0.5, 0.6) is 17.2 Å². The smallest absolute Gasteiger partial charge is 0.128 e. The van der Waals surface area contributed by atoms with Gasteiger partial charge in [0.15, 0.2) is 0 Å². The summed E-state index contributed by atoms with van der Waals surface area (Å²) in [6.45, 7) is 12.8. The molecule has 0 aliphatic heterocycles. The predicted octanol–water partition coefficient (Wildman–Crippen LogP) is 8.95. The van der Waals surface area contributed by atoms with Gasteiger partial charge in [-0.05, 0) is 94.1 Å². The molecule has 0 aromatic heterocycles. The topological polar surface area (TPSA) is 27.7 Å². The molecule has 0 saturated heterocycles. The Morgan fingerprint density at radius 3 is 1.56 bits per heavy atom. The molecule has 186 valence electrons. The zero-order valence-electron chi connectivity index (χ0n) is 22.2. The molecule has 36 heavy (non-hydrogen) atoms. The van der Waals surface area contributed by atoms with Crippen LogP contribution in [0.3, 0.4) is 0 Å². The minimum absolute atomic E-state index is 0.227. The highest BCUT2D eigenvalue weighted by atomic mass is 16.5. The van der Waals surface area contributed by atoms with Gasteiger partial charge in [-0.15, -0.1) is 0 Å². The summed E-state index contributed by atoms with van der Waals surface area (Å²) >= 11 is 0. The fourth-order valence-electron chi connectivity index (χ4n) is 3.92. The highest BCUT2D eigenvalue weighted by Crippen LogP contribution is 2.36. The predicted molar refractivity (Wildman–Crippen MR) is 149 cm³/mol. The summed E-state index contributed by atoms with van der Waals surface area (Å²) in [5.41, 5.74) is 5.00. The normalized spacial score (nSPS) is 11.7. The number of hydrogen-bond acceptors (Lipinski definition) is 3. The molecule has 0 aliphatic rings. The van der Waals surface area contributed by atoms with Crippen LogP contribution in [0.2, 0.25) is 0 Å². The molecule has 0 aliphatic carbocycles. The monoisotopic (exact) mass is 480 g/mol. The largest absolute Gasteiger partial charge is 0.488 e. The lowest BCUT2D eigenvalue weighted by Gasteiger charge is -2.21. The maximum atomic E-state index is 6.38.